The molecule has 0 aliphatic carbocycles. The number of sulfonamides is 1. The lowest BCUT2D eigenvalue weighted by Crippen LogP contribution is -2.48. The van der Waals surface area contributed by atoms with Gasteiger partial charge < -0.3 is 11.1 Å². The van der Waals surface area contributed by atoms with Crippen LogP contribution in [0.3, 0.4) is 0 Å². The Morgan fingerprint density at radius 1 is 1.03 bits per heavy atom. The molecule has 1 atom stereocenters. The first-order chi connectivity index (χ1) is 18.4. The minimum Gasteiger partial charge on any atom is -0.368 e. The predicted molar refractivity (Wildman–Crippen MR) is 155 cm³/mol. The van der Waals surface area contributed by atoms with E-state index in [2.05, 4.69) is 31.0 Å². The van der Waals surface area contributed by atoms with Crippen LogP contribution in [0.1, 0.15) is 52.4 Å². The number of benzene rings is 2. The minimum absolute atomic E-state index is 0.00365. The van der Waals surface area contributed by atoms with Crippen molar-refractivity contribution in [1.29, 1.82) is 0 Å². The topological polar surface area (TPSA) is 122 Å². The molecule has 1 saturated heterocycles. The minimum atomic E-state index is -3.57. The van der Waals surface area contributed by atoms with Crippen LogP contribution in [0.25, 0.3) is 10.9 Å². The van der Waals surface area contributed by atoms with Crippen molar-refractivity contribution in [1.82, 2.24) is 19.2 Å². The Morgan fingerprint density at radius 3 is 2.26 bits per heavy atom. The van der Waals surface area contributed by atoms with Crippen molar-refractivity contribution in [2.45, 2.75) is 63.9 Å². The maximum Gasteiger partial charge on any atom is 0.243 e. The van der Waals surface area contributed by atoms with E-state index in [9.17, 15) is 13.2 Å². The fraction of sp³-hybridized carbons (Fsp3) is 0.483. The van der Waals surface area contributed by atoms with Gasteiger partial charge in [-0.15, -0.1) is 0 Å². The van der Waals surface area contributed by atoms with Gasteiger partial charge in [0.15, 0.2) is 0 Å². The summed E-state index contributed by atoms with van der Waals surface area (Å²) in [5, 5.41) is 4.05. The Labute approximate surface area is 231 Å². The van der Waals surface area contributed by atoms with Crippen LogP contribution in [0.4, 0.5) is 5.82 Å². The van der Waals surface area contributed by atoms with E-state index in [1.54, 1.807) is 16.4 Å². The zero-order valence-electron chi connectivity index (χ0n) is 23.5. The van der Waals surface area contributed by atoms with E-state index in [-0.39, 0.29) is 11.3 Å². The molecule has 2 heterocycles. The third-order valence-corrected chi connectivity index (χ3v) is 9.68. The van der Waals surface area contributed by atoms with Gasteiger partial charge in [0.05, 0.1) is 17.0 Å². The number of anilines is 1. The van der Waals surface area contributed by atoms with E-state index in [1.165, 1.54) is 0 Å². The largest absolute Gasteiger partial charge is 0.368 e. The van der Waals surface area contributed by atoms with Crippen molar-refractivity contribution in [3.8, 4) is 0 Å². The van der Waals surface area contributed by atoms with Crippen LogP contribution in [0.15, 0.2) is 53.4 Å². The molecule has 0 radical (unpaired) electrons. The predicted octanol–water partition coefficient (Wildman–Crippen LogP) is 3.75. The fourth-order valence-electron chi connectivity index (χ4n) is 4.78. The number of nitrogens with zero attached hydrogens (tertiary/aromatic N) is 4. The van der Waals surface area contributed by atoms with Crippen LogP contribution < -0.4 is 11.1 Å². The van der Waals surface area contributed by atoms with E-state index < -0.39 is 22.0 Å². The summed E-state index contributed by atoms with van der Waals surface area (Å²) in [6, 6.07) is 14.4. The first-order valence-corrected chi connectivity index (χ1v) is 15.0. The van der Waals surface area contributed by atoms with Crippen LogP contribution in [0.2, 0.25) is 0 Å². The van der Waals surface area contributed by atoms with Crippen molar-refractivity contribution < 1.29 is 13.2 Å². The van der Waals surface area contributed by atoms with Crippen molar-refractivity contribution >= 4 is 32.7 Å². The summed E-state index contributed by atoms with van der Waals surface area (Å²) in [6.45, 7) is 12.7. The number of primary amides is 1. The Hall–Kier alpha value is -3.08. The molecule has 2 aromatic carbocycles. The monoisotopic (exact) mass is 552 g/mol. The fourth-order valence-corrected chi connectivity index (χ4v) is 6.20. The van der Waals surface area contributed by atoms with Gasteiger partial charge in [-0.05, 0) is 47.6 Å². The molecule has 9 nitrogen and oxygen atoms in total. The SMILES string of the molecule is CCC(C)(C)c1ccc(S(=O)(=O)N2CCN(Cc3nc(N[C@H](C(N)=O)C(C)C)c4ccccc4n3)CC2)cc1. The summed E-state index contributed by atoms with van der Waals surface area (Å²) in [4.78, 5) is 24.0. The zero-order valence-corrected chi connectivity index (χ0v) is 24.3. The van der Waals surface area contributed by atoms with E-state index in [1.807, 2.05) is 50.2 Å². The summed E-state index contributed by atoms with van der Waals surface area (Å²) in [6.07, 6.45) is 0.975. The van der Waals surface area contributed by atoms with Crippen LogP contribution in [0, 0.1) is 5.92 Å². The molecule has 10 heteroatoms. The Morgan fingerprint density at radius 2 is 1.67 bits per heavy atom. The van der Waals surface area contributed by atoms with Crippen LogP contribution in [-0.2, 0) is 26.8 Å². The molecular weight excluding hydrogens is 512 g/mol. The average molecular weight is 553 g/mol. The van der Waals surface area contributed by atoms with Crippen molar-refractivity contribution in [3.63, 3.8) is 0 Å². The van der Waals surface area contributed by atoms with Gasteiger partial charge in [-0.2, -0.15) is 4.31 Å². The first kappa shape index (κ1) is 28.9. The number of nitrogens with one attached hydrogen (secondary N) is 1. The maximum absolute atomic E-state index is 13.3. The lowest BCUT2D eigenvalue weighted by molar-refractivity contribution is -0.119. The van der Waals surface area contributed by atoms with Crippen molar-refractivity contribution in [2.75, 3.05) is 31.5 Å². The second kappa shape index (κ2) is 11.6. The summed E-state index contributed by atoms with van der Waals surface area (Å²) in [5.41, 5.74) is 7.54. The first-order valence-electron chi connectivity index (χ1n) is 13.6. The third kappa shape index (κ3) is 6.40. The Bertz CT molecular complexity index is 1410. The number of carbonyl (C=O) groups excluding carboxylic acids is 1. The second-order valence-corrected chi connectivity index (χ2v) is 13.2. The summed E-state index contributed by atoms with van der Waals surface area (Å²) >= 11 is 0. The maximum atomic E-state index is 13.3. The number of amides is 1. The molecule has 1 aliphatic rings. The highest BCUT2D eigenvalue weighted by molar-refractivity contribution is 7.89. The Balaban J connectivity index is 1.47. The molecule has 1 aromatic heterocycles. The van der Waals surface area contributed by atoms with Gasteiger partial charge in [0, 0.05) is 31.6 Å². The molecule has 4 rings (SSSR count). The quantitative estimate of drug-likeness (QED) is 0.393. The van der Waals surface area contributed by atoms with Crippen LogP contribution in [0.5, 0.6) is 0 Å². The van der Waals surface area contributed by atoms with Gasteiger partial charge >= 0.3 is 0 Å². The number of fused-ring (bicyclic) bond motifs is 1. The second-order valence-electron chi connectivity index (χ2n) is 11.2. The number of piperazine rings is 1. The van der Waals surface area contributed by atoms with E-state index in [4.69, 9.17) is 15.7 Å². The zero-order chi connectivity index (χ0) is 28.4. The van der Waals surface area contributed by atoms with Crippen LogP contribution >= 0.6 is 0 Å². The number of nitrogens with two attached hydrogens (primary N) is 1. The van der Waals surface area contributed by atoms with E-state index in [0.717, 1.165) is 22.9 Å². The lowest BCUT2D eigenvalue weighted by Gasteiger charge is -2.33. The highest BCUT2D eigenvalue weighted by Gasteiger charge is 2.30. The molecule has 3 aromatic rings. The molecule has 0 unspecified atom stereocenters. The molecule has 0 bridgehead atoms. The number of hydrogen-bond acceptors (Lipinski definition) is 7. The smallest absolute Gasteiger partial charge is 0.243 e. The molecule has 1 fully saturated rings. The van der Waals surface area contributed by atoms with Crippen molar-refractivity contribution in [3.05, 3.63) is 59.9 Å². The Kier molecular flexibility index (Phi) is 8.58. The molecular formula is C29H40N6O3S. The highest BCUT2D eigenvalue weighted by Crippen LogP contribution is 2.28. The molecule has 210 valence electrons. The number of para-hydroxylation sites is 1. The lowest BCUT2D eigenvalue weighted by atomic mass is 9.82. The number of rotatable bonds is 10. The number of carbonyl (C=O) groups is 1. The molecule has 0 saturated carbocycles. The van der Waals surface area contributed by atoms with Gasteiger partial charge in [-0.3, -0.25) is 9.69 Å². The summed E-state index contributed by atoms with van der Waals surface area (Å²) < 4.78 is 28.2. The standard InChI is InChI=1S/C29H40N6O3S/c1-6-29(4,5)21-11-13-22(14-12-21)39(37,38)35-17-15-34(16-18-35)19-25-31-24-10-8-7-9-23(24)28(32-25)33-26(20(2)3)27(30)36/h7-14,20,26H,6,15-19H2,1-5H3,(H2,30,36)(H,31,32,33)/t26-/m0/s1. The summed E-state index contributed by atoms with van der Waals surface area (Å²) in [7, 11) is -3.57. The third-order valence-electron chi connectivity index (χ3n) is 7.77. The van der Waals surface area contributed by atoms with Gasteiger partial charge in [0.2, 0.25) is 15.9 Å². The van der Waals surface area contributed by atoms with Gasteiger partial charge in [0.1, 0.15) is 17.7 Å². The molecule has 0 spiro atoms. The van der Waals surface area contributed by atoms with Crippen molar-refractivity contribution in [2.24, 2.45) is 11.7 Å². The van der Waals surface area contributed by atoms with Gasteiger partial charge in [0.25, 0.3) is 0 Å². The molecule has 1 aliphatic heterocycles. The molecule has 1 amide bonds. The highest BCUT2D eigenvalue weighted by atomic mass is 32.2. The molecule has 39 heavy (non-hydrogen) atoms. The number of hydrogen-bond donors (Lipinski definition) is 2. The van der Waals surface area contributed by atoms with E-state index in [0.29, 0.717) is 49.3 Å². The van der Waals surface area contributed by atoms with E-state index >= 15 is 0 Å². The average Bonchev–Trinajstić information content (AvgIpc) is 2.91. The summed E-state index contributed by atoms with van der Waals surface area (Å²) in [5.74, 6) is 0.733. The van der Waals surface area contributed by atoms with Gasteiger partial charge in [-0.1, -0.05) is 58.9 Å². The normalized spacial score (nSPS) is 16.5. The molecule has 3 N–H and O–H groups in total. The van der Waals surface area contributed by atoms with Crippen LogP contribution in [-0.4, -0.2) is 65.7 Å². The van der Waals surface area contributed by atoms with Gasteiger partial charge in [-0.25, -0.2) is 18.4 Å². The number of aromatic nitrogens is 2.